The number of methoxy groups -OCH3 is 1. The third kappa shape index (κ3) is 4.36. The van der Waals surface area contributed by atoms with Crippen LogP contribution in [0, 0.1) is 0 Å². The molecule has 0 amide bonds. The standard InChI is InChI=1S/C12H19NO3S/c1-4-9-17(14,15)13-10(2)11-5-7-12(16-3)8-6-11/h5-8,10,13H,4,9H2,1-3H3/t10-/m0/s1. The van der Waals surface area contributed by atoms with E-state index in [2.05, 4.69) is 4.72 Å². The first-order valence-corrected chi connectivity index (χ1v) is 7.27. The number of sulfonamides is 1. The number of rotatable bonds is 6. The van der Waals surface area contributed by atoms with E-state index in [1.165, 1.54) is 0 Å². The lowest BCUT2D eigenvalue weighted by molar-refractivity contribution is 0.414. The van der Waals surface area contributed by atoms with Crippen LogP contribution in [0.25, 0.3) is 0 Å². The predicted octanol–water partition coefficient (Wildman–Crippen LogP) is 2.09. The summed E-state index contributed by atoms with van der Waals surface area (Å²) in [4.78, 5) is 0. The van der Waals surface area contributed by atoms with Crippen molar-refractivity contribution in [3.05, 3.63) is 29.8 Å². The summed E-state index contributed by atoms with van der Waals surface area (Å²) >= 11 is 0. The highest BCUT2D eigenvalue weighted by Crippen LogP contribution is 2.17. The molecule has 1 aromatic rings. The molecule has 1 aromatic carbocycles. The molecule has 0 aliphatic heterocycles. The average molecular weight is 257 g/mol. The maximum Gasteiger partial charge on any atom is 0.212 e. The smallest absolute Gasteiger partial charge is 0.212 e. The third-order valence-electron chi connectivity index (χ3n) is 2.44. The van der Waals surface area contributed by atoms with Crippen molar-refractivity contribution < 1.29 is 13.2 Å². The van der Waals surface area contributed by atoms with Crippen LogP contribution < -0.4 is 9.46 Å². The summed E-state index contributed by atoms with van der Waals surface area (Å²) in [5.74, 6) is 0.922. The van der Waals surface area contributed by atoms with Crippen molar-refractivity contribution in [2.75, 3.05) is 12.9 Å². The van der Waals surface area contributed by atoms with Gasteiger partial charge in [0.15, 0.2) is 0 Å². The molecule has 0 aliphatic carbocycles. The second kappa shape index (κ2) is 6.02. The van der Waals surface area contributed by atoms with E-state index in [-0.39, 0.29) is 11.8 Å². The van der Waals surface area contributed by atoms with Crippen molar-refractivity contribution in [2.24, 2.45) is 0 Å². The summed E-state index contributed by atoms with van der Waals surface area (Å²) in [5, 5.41) is 0. The summed E-state index contributed by atoms with van der Waals surface area (Å²) in [6, 6.07) is 7.13. The van der Waals surface area contributed by atoms with E-state index in [9.17, 15) is 8.42 Å². The van der Waals surface area contributed by atoms with Gasteiger partial charge in [-0.05, 0) is 31.0 Å². The van der Waals surface area contributed by atoms with Crippen molar-refractivity contribution in [2.45, 2.75) is 26.3 Å². The average Bonchev–Trinajstić information content (AvgIpc) is 2.28. The Balaban J connectivity index is 2.72. The normalized spacial score (nSPS) is 13.4. The number of ether oxygens (including phenoxy) is 1. The zero-order valence-corrected chi connectivity index (χ0v) is 11.3. The van der Waals surface area contributed by atoms with Crippen LogP contribution >= 0.6 is 0 Å². The first-order chi connectivity index (χ1) is 7.98. The molecule has 96 valence electrons. The van der Waals surface area contributed by atoms with Gasteiger partial charge in [0.25, 0.3) is 0 Å². The SMILES string of the molecule is CCCS(=O)(=O)N[C@@H](C)c1ccc(OC)cc1. The fourth-order valence-corrected chi connectivity index (χ4v) is 2.89. The van der Waals surface area contributed by atoms with Crippen molar-refractivity contribution in [3.8, 4) is 5.75 Å². The summed E-state index contributed by atoms with van der Waals surface area (Å²) in [6.45, 7) is 3.67. The van der Waals surface area contributed by atoms with Gasteiger partial charge in [-0.1, -0.05) is 19.1 Å². The Kier molecular flexibility index (Phi) is 4.96. The molecule has 0 heterocycles. The first kappa shape index (κ1) is 14.0. The molecular weight excluding hydrogens is 238 g/mol. The van der Waals surface area contributed by atoms with E-state index < -0.39 is 10.0 Å². The Morgan fingerprint density at radius 3 is 2.35 bits per heavy atom. The molecule has 1 rings (SSSR count). The Labute approximate surface area is 103 Å². The Bertz CT molecular complexity index is 439. The summed E-state index contributed by atoms with van der Waals surface area (Å²) in [5.41, 5.74) is 0.922. The van der Waals surface area contributed by atoms with Crippen LogP contribution in [0.5, 0.6) is 5.75 Å². The molecule has 0 unspecified atom stereocenters. The second-order valence-corrected chi connectivity index (χ2v) is 5.81. The summed E-state index contributed by atoms with van der Waals surface area (Å²) in [7, 11) is -1.58. The Hall–Kier alpha value is -1.07. The lowest BCUT2D eigenvalue weighted by atomic mass is 10.1. The highest BCUT2D eigenvalue weighted by molar-refractivity contribution is 7.89. The zero-order valence-electron chi connectivity index (χ0n) is 10.4. The third-order valence-corrected chi connectivity index (χ3v) is 4.10. The molecule has 0 aliphatic rings. The monoisotopic (exact) mass is 257 g/mol. The second-order valence-electron chi connectivity index (χ2n) is 3.93. The van der Waals surface area contributed by atoms with Crippen molar-refractivity contribution in [1.82, 2.24) is 4.72 Å². The predicted molar refractivity (Wildman–Crippen MR) is 68.6 cm³/mol. The van der Waals surface area contributed by atoms with Gasteiger partial charge in [0, 0.05) is 6.04 Å². The van der Waals surface area contributed by atoms with Gasteiger partial charge in [0.2, 0.25) is 10.0 Å². The van der Waals surface area contributed by atoms with E-state index in [4.69, 9.17) is 4.74 Å². The highest BCUT2D eigenvalue weighted by Gasteiger charge is 2.14. The van der Waals surface area contributed by atoms with E-state index in [1.807, 2.05) is 38.1 Å². The van der Waals surface area contributed by atoms with Crippen LogP contribution in [0.15, 0.2) is 24.3 Å². The van der Waals surface area contributed by atoms with E-state index in [0.717, 1.165) is 11.3 Å². The van der Waals surface area contributed by atoms with Crippen molar-refractivity contribution in [1.29, 1.82) is 0 Å². The Morgan fingerprint density at radius 1 is 1.29 bits per heavy atom. The highest BCUT2D eigenvalue weighted by atomic mass is 32.2. The van der Waals surface area contributed by atoms with Crippen LogP contribution in [-0.4, -0.2) is 21.3 Å². The van der Waals surface area contributed by atoms with Gasteiger partial charge in [0.1, 0.15) is 5.75 Å². The van der Waals surface area contributed by atoms with Gasteiger partial charge in [-0.25, -0.2) is 13.1 Å². The largest absolute Gasteiger partial charge is 0.497 e. The molecule has 17 heavy (non-hydrogen) atoms. The molecule has 0 aromatic heterocycles. The number of hydrogen-bond donors (Lipinski definition) is 1. The summed E-state index contributed by atoms with van der Waals surface area (Å²) < 4.78 is 30.9. The fourth-order valence-electron chi connectivity index (χ4n) is 1.56. The van der Waals surface area contributed by atoms with Gasteiger partial charge in [-0.15, -0.1) is 0 Å². The molecule has 0 fully saturated rings. The molecule has 1 atom stereocenters. The quantitative estimate of drug-likeness (QED) is 0.849. The fraction of sp³-hybridized carbons (Fsp3) is 0.500. The lowest BCUT2D eigenvalue weighted by Gasteiger charge is -2.14. The topological polar surface area (TPSA) is 55.4 Å². The van der Waals surface area contributed by atoms with E-state index in [1.54, 1.807) is 7.11 Å². The van der Waals surface area contributed by atoms with Gasteiger partial charge in [-0.2, -0.15) is 0 Å². The maximum atomic E-state index is 11.6. The zero-order chi connectivity index (χ0) is 12.9. The minimum atomic E-state index is -3.18. The van der Waals surface area contributed by atoms with Crippen molar-refractivity contribution in [3.63, 3.8) is 0 Å². The van der Waals surface area contributed by atoms with Gasteiger partial charge < -0.3 is 4.74 Å². The molecule has 0 radical (unpaired) electrons. The Morgan fingerprint density at radius 2 is 1.88 bits per heavy atom. The molecule has 4 nitrogen and oxygen atoms in total. The molecule has 0 saturated carbocycles. The maximum absolute atomic E-state index is 11.6. The number of nitrogens with one attached hydrogen (secondary N) is 1. The molecule has 1 N–H and O–H groups in total. The number of benzene rings is 1. The minimum Gasteiger partial charge on any atom is -0.497 e. The summed E-state index contributed by atoms with van der Waals surface area (Å²) in [6.07, 6.45) is 0.616. The molecule has 0 saturated heterocycles. The van der Waals surface area contributed by atoms with Crippen LogP contribution in [0.1, 0.15) is 31.9 Å². The number of hydrogen-bond acceptors (Lipinski definition) is 3. The van der Waals surface area contributed by atoms with Gasteiger partial charge in [0.05, 0.1) is 12.9 Å². The first-order valence-electron chi connectivity index (χ1n) is 5.62. The van der Waals surface area contributed by atoms with Crippen LogP contribution in [0.4, 0.5) is 0 Å². The van der Waals surface area contributed by atoms with Gasteiger partial charge >= 0.3 is 0 Å². The van der Waals surface area contributed by atoms with Crippen LogP contribution in [0.3, 0.4) is 0 Å². The molecule has 5 heteroatoms. The van der Waals surface area contributed by atoms with E-state index >= 15 is 0 Å². The van der Waals surface area contributed by atoms with E-state index in [0.29, 0.717) is 6.42 Å². The van der Waals surface area contributed by atoms with Crippen molar-refractivity contribution >= 4 is 10.0 Å². The molecular formula is C12H19NO3S. The lowest BCUT2D eigenvalue weighted by Crippen LogP contribution is -2.28. The van der Waals surface area contributed by atoms with Gasteiger partial charge in [-0.3, -0.25) is 0 Å². The van der Waals surface area contributed by atoms with Crippen LogP contribution in [0.2, 0.25) is 0 Å². The molecule has 0 spiro atoms. The van der Waals surface area contributed by atoms with Crippen LogP contribution in [-0.2, 0) is 10.0 Å². The molecule has 0 bridgehead atoms. The minimum absolute atomic E-state index is 0.160.